The van der Waals surface area contributed by atoms with Gasteiger partial charge in [0, 0.05) is 18.7 Å². The van der Waals surface area contributed by atoms with Crippen molar-refractivity contribution in [2.24, 2.45) is 0 Å². The summed E-state index contributed by atoms with van der Waals surface area (Å²) in [5, 5.41) is 22.6. The average molecular weight is 275 g/mol. The molecule has 0 aliphatic carbocycles. The van der Waals surface area contributed by atoms with Crippen LogP contribution in [-0.2, 0) is 0 Å². The van der Waals surface area contributed by atoms with Gasteiger partial charge >= 0.3 is 5.97 Å². The molecule has 3 N–H and O–H groups in total. The monoisotopic (exact) mass is 275 g/mol. The van der Waals surface area contributed by atoms with Crippen molar-refractivity contribution in [3.05, 3.63) is 29.8 Å². The van der Waals surface area contributed by atoms with Gasteiger partial charge in [-0.2, -0.15) is 0 Å². The summed E-state index contributed by atoms with van der Waals surface area (Å²) in [5.74, 6) is -0.287. The quantitative estimate of drug-likeness (QED) is 0.775. The van der Waals surface area contributed by atoms with E-state index in [0.717, 1.165) is 32.4 Å². The molecule has 1 saturated heterocycles. The second-order valence-corrected chi connectivity index (χ2v) is 5.13. The standard InChI is InChI=1S/C14H17N3O3/c18-10-5-3-7-17-12(10)11(14(19)20)16-13(17)9-4-1-2-6-15-8-9/h3,5,7,9,15,18H,1-2,4,6,8H2,(H,19,20). The van der Waals surface area contributed by atoms with E-state index < -0.39 is 5.97 Å². The van der Waals surface area contributed by atoms with E-state index in [2.05, 4.69) is 10.3 Å². The maximum atomic E-state index is 11.3. The van der Waals surface area contributed by atoms with E-state index in [0.29, 0.717) is 5.82 Å². The Labute approximate surface area is 116 Å². The minimum Gasteiger partial charge on any atom is -0.506 e. The van der Waals surface area contributed by atoms with Gasteiger partial charge in [0.15, 0.2) is 5.69 Å². The smallest absolute Gasteiger partial charge is 0.356 e. The summed E-state index contributed by atoms with van der Waals surface area (Å²) in [6.45, 7) is 1.77. The van der Waals surface area contributed by atoms with Crippen molar-refractivity contribution >= 4 is 11.5 Å². The Bertz CT molecular complexity index is 642. The molecule has 0 saturated carbocycles. The van der Waals surface area contributed by atoms with Gasteiger partial charge in [-0.3, -0.25) is 4.40 Å². The summed E-state index contributed by atoms with van der Waals surface area (Å²) in [6.07, 6.45) is 4.94. The highest BCUT2D eigenvalue weighted by molar-refractivity contribution is 5.95. The first kappa shape index (κ1) is 12.9. The van der Waals surface area contributed by atoms with Crippen molar-refractivity contribution in [3.8, 4) is 5.75 Å². The molecule has 1 fully saturated rings. The van der Waals surface area contributed by atoms with E-state index >= 15 is 0 Å². The van der Waals surface area contributed by atoms with Crippen molar-refractivity contribution in [2.75, 3.05) is 13.1 Å². The van der Waals surface area contributed by atoms with Crippen LogP contribution < -0.4 is 5.32 Å². The molecule has 1 aliphatic rings. The number of carboxylic acids is 1. The van der Waals surface area contributed by atoms with Gasteiger partial charge in [-0.25, -0.2) is 9.78 Å². The number of pyridine rings is 1. The molecule has 0 spiro atoms. The van der Waals surface area contributed by atoms with Gasteiger partial charge in [0.1, 0.15) is 17.1 Å². The minimum absolute atomic E-state index is 0.0507. The first-order valence-corrected chi connectivity index (χ1v) is 6.82. The van der Waals surface area contributed by atoms with Crippen LogP contribution in [0.15, 0.2) is 18.3 Å². The van der Waals surface area contributed by atoms with Gasteiger partial charge in [0.25, 0.3) is 0 Å². The summed E-state index contributed by atoms with van der Waals surface area (Å²) in [7, 11) is 0. The zero-order valence-corrected chi connectivity index (χ0v) is 11.0. The number of carboxylic acid groups (broad SMARTS) is 1. The lowest BCUT2D eigenvalue weighted by molar-refractivity contribution is 0.0692. The largest absolute Gasteiger partial charge is 0.506 e. The molecule has 2 aromatic heterocycles. The maximum Gasteiger partial charge on any atom is 0.356 e. The Kier molecular flexibility index (Phi) is 3.31. The number of aromatic hydroxyl groups is 1. The zero-order chi connectivity index (χ0) is 14.1. The van der Waals surface area contributed by atoms with E-state index in [-0.39, 0.29) is 22.9 Å². The van der Waals surface area contributed by atoms with Crippen LogP contribution in [0.1, 0.15) is 41.5 Å². The van der Waals surface area contributed by atoms with Crippen molar-refractivity contribution in [3.63, 3.8) is 0 Å². The van der Waals surface area contributed by atoms with Gasteiger partial charge < -0.3 is 15.5 Å². The van der Waals surface area contributed by atoms with Crippen LogP contribution in [0, 0.1) is 0 Å². The Balaban J connectivity index is 2.15. The molecule has 6 nitrogen and oxygen atoms in total. The van der Waals surface area contributed by atoms with Crippen LogP contribution in [0.4, 0.5) is 0 Å². The third kappa shape index (κ3) is 2.12. The molecule has 20 heavy (non-hydrogen) atoms. The number of fused-ring (bicyclic) bond motifs is 1. The molecule has 3 rings (SSSR count). The lowest BCUT2D eigenvalue weighted by atomic mass is 10.0. The number of aromatic carboxylic acids is 1. The van der Waals surface area contributed by atoms with Gasteiger partial charge in [-0.1, -0.05) is 6.42 Å². The minimum atomic E-state index is -1.11. The lowest BCUT2D eigenvalue weighted by Crippen LogP contribution is -2.20. The summed E-state index contributed by atoms with van der Waals surface area (Å²) < 4.78 is 1.70. The van der Waals surface area contributed by atoms with Crippen LogP contribution in [0.25, 0.3) is 5.52 Å². The number of hydrogen-bond donors (Lipinski definition) is 3. The fraction of sp³-hybridized carbons (Fsp3) is 0.429. The number of carbonyl (C=O) groups is 1. The summed E-state index contributed by atoms with van der Waals surface area (Å²) in [6, 6.07) is 3.18. The molecule has 106 valence electrons. The Hall–Kier alpha value is -2.08. The van der Waals surface area contributed by atoms with Crippen molar-refractivity contribution in [1.29, 1.82) is 0 Å². The first-order chi connectivity index (χ1) is 9.68. The molecule has 0 aromatic carbocycles. The Morgan fingerprint density at radius 2 is 2.30 bits per heavy atom. The van der Waals surface area contributed by atoms with E-state index in [1.165, 1.54) is 6.07 Å². The summed E-state index contributed by atoms with van der Waals surface area (Å²) in [5.41, 5.74) is 0.196. The number of hydrogen-bond acceptors (Lipinski definition) is 4. The molecule has 1 atom stereocenters. The van der Waals surface area contributed by atoms with Crippen LogP contribution in [-0.4, -0.2) is 38.7 Å². The van der Waals surface area contributed by atoms with Crippen molar-refractivity contribution < 1.29 is 15.0 Å². The van der Waals surface area contributed by atoms with Crippen LogP contribution >= 0.6 is 0 Å². The molecule has 0 amide bonds. The van der Waals surface area contributed by atoms with Crippen molar-refractivity contribution in [1.82, 2.24) is 14.7 Å². The van der Waals surface area contributed by atoms with Gasteiger partial charge in [-0.15, -0.1) is 0 Å². The SMILES string of the molecule is O=C(O)c1nc(C2CCCCNC2)n2cccc(O)c12. The zero-order valence-electron chi connectivity index (χ0n) is 11.0. The molecule has 1 unspecified atom stereocenters. The maximum absolute atomic E-state index is 11.3. The highest BCUT2D eigenvalue weighted by Crippen LogP contribution is 2.29. The van der Waals surface area contributed by atoms with Crippen LogP contribution in [0.5, 0.6) is 5.75 Å². The molecule has 0 bridgehead atoms. The van der Waals surface area contributed by atoms with E-state index in [9.17, 15) is 15.0 Å². The van der Waals surface area contributed by atoms with Crippen LogP contribution in [0.2, 0.25) is 0 Å². The predicted molar refractivity (Wildman–Crippen MR) is 73.3 cm³/mol. The summed E-state index contributed by atoms with van der Waals surface area (Å²) >= 11 is 0. The second kappa shape index (κ2) is 5.13. The predicted octanol–water partition coefficient (Wildman–Crippen LogP) is 1.60. The molecule has 3 heterocycles. The fourth-order valence-electron chi connectivity index (χ4n) is 2.82. The normalized spacial score (nSPS) is 19.9. The summed E-state index contributed by atoms with van der Waals surface area (Å²) in [4.78, 5) is 15.6. The Morgan fingerprint density at radius 3 is 3.10 bits per heavy atom. The van der Waals surface area contributed by atoms with Crippen molar-refractivity contribution in [2.45, 2.75) is 25.2 Å². The number of nitrogens with zero attached hydrogens (tertiary/aromatic N) is 2. The van der Waals surface area contributed by atoms with Crippen LogP contribution in [0.3, 0.4) is 0 Å². The average Bonchev–Trinajstić information content (AvgIpc) is 2.63. The third-order valence-corrected chi connectivity index (χ3v) is 3.78. The molecule has 2 aromatic rings. The van der Waals surface area contributed by atoms with Gasteiger partial charge in [-0.05, 0) is 31.5 Å². The highest BCUT2D eigenvalue weighted by atomic mass is 16.4. The topological polar surface area (TPSA) is 86.9 Å². The number of nitrogens with one attached hydrogen (secondary N) is 1. The highest BCUT2D eigenvalue weighted by Gasteiger charge is 2.25. The first-order valence-electron chi connectivity index (χ1n) is 6.82. The van der Waals surface area contributed by atoms with E-state index in [1.54, 1.807) is 16.7 Å². The molecular weight excluding hydrogens is 258 g/mol. The molecular formula is C14H17N3O3. The molecule has 6 heteroatoms. The number of aromatic nitrogens is 2. The van der Waals surface area contributed by atoms with E-state index in [1.807, 2.05) is 0 Å². The Morgan fingerprint density at radius 1 is 1.45 bits per heavy atom. The molecule has 0 radical (unpaired) electrons. The third-order valence-electron chi connectivity index (χ3n) is 3.78. The lowest BCUT2D eigenvalue weighted by Gasteiger charge is -2.13. The second-order valence-electron chi connectivity index (χ2n) is 5.13. The number of rotatable bonds is 2. The number of imidazole rings is 1. The molecule has 1 aliphatic heterocycles. The van der Waals surface area contributed by atoms with E-state index in [4.69, 9.17) is 0 Å². The fourth-order valence-corrected chi connectivity index (χ4v) is 2.82. The van der Waals surface area contributed by atoms with Gasteiger partial charge in [0.05, 0.1) is 0 Å². The van der Waals surface area contributed by atoms with Gasteiger partial charge in [0.2, 0.25) is 0 Å².